The number of hydrogen-bond donors (Lipinski definition) is 1. The highest BCUT2D eigenvalue weighted by molar-refractivity contribution is 7.71. The van der Waals surface area contributed by atoms with Crippen LogP contribution in [0.1, 0.15) is 5.69 Å². The first-order valence-electron chi connectivity index (χ1n) is 4.59. The van der Waals surface area contributed by atoms with Crippen molar-refractivity contribution in [2.24, 2.45) is 0 Å². The maximum atomic E-state index is 13.0. The number of hydrogen-bond acceptors (Lipinski definition) is 2. The molecule has 2 aromatic rings. The number of benzene rings is 1. The highest BCUT2D eigenvalue weighted by Gasteiger charge is 2.05. The molecule has 1 N–H and O–H groups in total. The van der Waals surface area contributed by atoms with E-state index in [2.05, 4.69) is 9.97 Å². The Morgan fingerprint density at radius 3 is 2.75 bits per heavy atom. The molecule has 0 bridgehead atoms. The Balaban J connectivity index is 2.58. The second kappa shape index (κ2) is 4.31. The Hall–Kier alpha value is -1.26. The van der Waals surface area contributed by atoms with Crippen molar-refractivity contribution in [1.82, 2.24) is 9.97 Å². The molecule has 82 valence electrons. The molecule has 1 heterocycles. The largest absolute Gasteiger partial charge is 0.343 e. The third kappa shape index (κ3) is 2.28. The first-order valence-corrected chi connectivity index (χ1v) is 5.38. The summed E-state index contributed by atoms with van der Waals surface area (Å²) in [5, 5.41) is 0.0696. The second-order valence-electron chi connectivity index (χ2n) is 3.38. The number of rotatable bonds is 1. The Labute approximate surface area is 102 Å². The topological polar surface area (TPSA) is 28.7 Å². The monoisotopic (exact) mass is 254 g/mol. The predicted octanol–water partition coefficient (Wildman–Crippen LogP) is 3.91. The van der Waals surface area contributed by atoms with Gasteiger partial charge in [0.05, 0.1) is 5.02 Å². The fourth-order valence-corrected chi connectivity index (χ4v) is 1.81. The fraction of sp³-hybridized carbons (Fsp3) is 0.0909. The van der Waals surface area contributed by atoms with Crippen molar-refractivity contribution in [3.05, 3.63) is 45.4 Å². The van der Waals surface area contributed by atoms with Gasteiger partial charge in [0, 0.05) is 11.3 Å². The fourth-order valence-electron chi connectivity index (χ4n) is 1.36. The zero-order valence-corrected chi connectivity index (χ0v) is 9.99. The SMILES string of the molecule is Cc1cc(=S)nc(-c2ccc(F)c(Cl)c2)[nH]1. The van der Waals surface area contributed by atoms with Crippen LogP contribution in [-0.2, 0) is 0 Å². The molecule has 0 amide bonds. The molecule has 0 spiro atoms. The zero-order valence-electron chi connectivity index (χ0n) is 8.42. The second-order valence-corrected chi connectivity index (χ2v) is 4.21. The van der Waals surface area contributed by atoms with Crippen molar-refractivity contribution in [3.63, 3.8) is 0 Å². The molecule has 0 aliphatic carbocycles. The highest BCUT2D eigenvalue weighted by atomic mass is 35.5. The Morgan fingerprint density at radius 1 is 1.38 bits per heavy atom. The van der Waals surface area contributed by atoms with Gasteiger partial charge in [-0.05, 0) is 31.2 Å². The molecule has 16 heavy (non-hydrogen) atoms. The van der Waals surface area contributed by atoms with Crippen LogP contribution in [0.5, 0.6) is 0 Å². The molecule has 1 aromatic carbocycles. The number of nitrogens with one attached hydrogen (secondary N) is 1. The lowest BCUT2D eigenvalue weighted by molar-refractivity contribution is 0.628. The van der Waals surface area contributed by atoms with Gasteiger partial charge in [-0.25, -0.2) is 9.37 Å². The van der Waals surface area contributed by atoms with E-state index in [1.54, 1.807) is 12.1 Å². The molecular formula is C11H8ClFN2S. The van der Waals surface area contributed by atoms with E-state index < -0.39 is 5.82 Å². The molecule has 0 fully saturated rings. The van der Waals surface area contributed by atoms with Crippen molar-refractivity contribution >= 4 is 23.8 Å². The molecule has 0 unspecified atom stereocenters. The number of nitrogens with zero attached hydrogens (tertiary/aromatic N) is 1. The number of halogens is 2. The molecule has 0 aliphatic heterocycles. The van der Waals surface area contributed by atoms with Crippen LogP contribution in [0, 0.1) is 17.4 Å². The van der Waals surface area contributed by atoms with Gasteiger partial charge in [-0.15, -0.1) is 0 Å². The number of aromatic nitrogens is 2. The summed E-state index contributed by atoms with van der Waals surface area (Å²) in [4.78, 5) is 7.21. The summed E-state index contributed by atoms with van der Waals surface area (Å²) in [5.74, 6) is 0.142. The molecule has 2 nitrogen and oxygen atoms in total. The molecule has 1 aromatic heterocycles. The first-order chi connectivity index (χ1) is 7.56. The van der Waals surface area contributed by atoms with E-state index in [1.165, 1.54) is 12.1 Å². The first kappa shape index (κ1) is 11.2. The maximum Gasteiger partial charge on any atom is 0.141 e. The molecular weight excluding hydrogens is 247 g/mol. The van der Waals surface area contributed by atoms with Gasteiger partial charge in [-0.1, -0.05) is 23.8 Å². The van der Waals surface area contributed by atoms with Gasteiger partial charge in [0.15, 0.2) is 0 Å². The van der Waals surface area contributed by atoms with Crippen molar-refractivity contribution in [3.8, 4) is 11.4 Å². The van der Waals surface area contributed by atoms with Crippen molar-refractivity contribution < 1.29 is 4.39 Å². The molecule has 0 aliphatic rings. The van der Waals surface area contributed by atoms with Gasteiger partial charge >= 0.3 is 0 Å². The summed E-state index contributed by atoms with van der Waals surface area (Å²) >= 11 is 10.7. The van der Waals surface area contributed by atoms with E-state index in [9.17, 15) is 4.39 Å². The lowest BCUT2D eigenvalue weighted by atomic mass is 10.2. The average Bonchev–Trinajstić information content (AvgIpc) is 2.20. The van der Waals surface area contributed by atoms with Crippen molar-refractivity contribution in [2.75, 3.05) is 0 Å². The number of H-pyrrole nitrogens is 1. The van der Waals surface area contributed by atoms with Gasteiger partial charge in [0.25, 0.3) is 0 Å². The van der Waals surface area contributed by atoms with Crippen LogP contribution in [0.3, 0.4) is 0 Å². The van der Waals surface area contributed by atoms with E-state index in [4.69, 9.17) is 23.8 Å². The summed E-state index contributed by atoms with van der Waals surface area (Å²) in [6.07, 6.45) is 0. The maximum absolute atomic E-state index is 13.0. The van der Waals surface area contributed by atoms with Crippen LogP contribution in [0.4, 0.5) is 4.39 Å². The Kier molecular flexibility index (Phi) is 3.03. The van der Waals surface area contributed by atoms with Crippen LogP contribution >= 0.6 is 23.8 Å². The minimum absolute atomic E-state index is 0.0696. The lowest BCUT2D eigenvalue weighted by Crippen LogP contribution is -1.92. The molecule has 0 saturated carbocycles. The van der Waals surface area contributed by atoms with Crippen LogP contribution in [-0.4, -0.2) is 9.97 Å². The average molecular weight is 255 g/mol. The van der Waals surface area contributed by atoms with E-state index in [0.29, 0.717) is 16.0 Å². The van der Waals surface area contributed by atoms with E-state index >= 15 is 0 Å². The molecule has 0 saturated heterocycles. The number of aryl methyl sites for hydroxylation is 1. The quantitative estimate of drug-likeness (QED) is 0.782. The van der Waals surface area contributed by atoms with Gasteiger partial charge in [0.1, 0.15) is 16.3 Å². The summed E-state index contributed by atoms with van der Waals surface area (Å²) < 4.78 is 13.5. The summed E-state index contributed by atoms with van der Waals surface area (Å²) in [5.41, 5.74) is 1.61. The molecule has 2 rings (SSSR count). The Morgan fingerprint density at radius 2 is 2.12 bits per heavy atom. The normalized spacial score (nSPS) is 10.4. The van der Waals surface area contributed by atoms with E-state index in [1.807, 2.05) is 6.92 Å². The van der Waals surface area contributed by atoms with Gasteiger partial charge in [-0.2, -0.15) is 0 Å². The van der Waals surface area contributed by atoms with Crippen LogP contribution in [0.15, 0.2) is 24.3 Å². The van der Waals surface area contributed by atoms with E-state index in [0.717, 1.165) is 5.69 Å². The summed E-state index contributed by atoms with van der Waals surface area (Å²) in [6.45, 7) is 1.88. The van der Waals surface area contributed by atoms with Crippen molar-refractivity contribution in [1.29, 1.82) is 0 Å². The predicted molar refractivity (Wildman–Crippen MR) is 64.6 cm³/mol. The third-order valence-electron chi connectivity index (χ3n) is 2.07. The minimum atomic E-state index is -0.448. The zero-order chi connectivity index (χ0) is 11.7. The number of aromatic amines is 1. The smallest absolute Gasteiger partial charge is 0.141 e. The van der Waals surface area contributed by atoms with Gasteiger partial charge in [0.2, 0.25) is 0 Å². The summed E-state index contributed by atoms with van der Waals surface area (Å²) in [7, 11) is 0. The van der Waals surface area contributed by atoms with Gasteiger partial charge < -0.3 is 4.98 Å². The Bertz CT molecular complexity index is 595. The third-order valence-corrected chi connectivity index (χ3v) is 2.57. The molecule has 5 heteroatoms. The summed E-state index contributed by atoms with van der Waals surface area (Å²) in [6, 6.07) is 6.18. The van der Waals surface area contributed by atoms with E-state index in [-0.39, 0.29) is 5.02 Å². The van der Waals surface area contributed by atoms with Crippen LogP contribution in [0.25, 0.3) is 11.4 Å². The lowest BCUT2D eigenvalue weighted by Gasteiger charge is -2.03. The van der Waals surface area contributed by atoms with Crippen LogP contribution < -0.4 is 0 Å². The van der Waals surface area contributed by atoms with Crippen LogP contribution in [0.2, 0.25) is 5.02 Å². The highest BCUT2D eigenvalue weighted by Crippen LogP contribution is 2.22. The molecule has 0 radical (unpaired) electrons. The van der Waals surface area contributed by atoms with Crippen molar-refractivity contribution in [2.45, 2.75) is 6.92 Å². The van der Waals surface area contributed by atoms with Gasteiger partial charge in [-0.3, -0.25) is 0 Å². The minimum Gasteiger partial charge on any atom is -0.343 e. The molecule has 0 atom stereocenters. The standard InChI is InChI=1S/C11H8ClFN2S/c1-6-4-10(16)15-11(14-6)7-2-3-9(13)8(12)5-7/h2-5H,1H3,(H,14,15,16).